The number of nitrogens with zero attached hydrogens (tertiary/aromatic N) is 2. The molecular formula is C20H16ClN3S. The molecule has 0 aliphatic carbocycles. The van der Waals surface area contributed by atoms with Gasteiger partial charge in [-0.2, -0.15) is 0 Å². The van der Waals surface area contributed by atoms with Crippen LogP contribution in [0.15, 0.2) is 67.0 Å². The van der Waals surface area contributed by atoms with Crippen LogP contribution in [0.1, 0.15) is 18.5 Å². The van der Waals surface area contributed by atoms with Crippen LogP contribution in [-0.4, -0.2) is 9.97 Å². The second-order valence-electron chi connectivity index (χ2n) is 5.82. The highest BCUT2D eigenvalue weighted by molar-refractivity contribution is 7.22. The van der Waals surface area contributed by atoms with E-state index in [2.05, 4.69) is 35.4 Å². The number of halogens is 1. The molecule has 0 saturated carbocycles. The molecule has 2 heterocycles. The molecule has 4 aromatic rings. The van der Waals surface area contributed by atoms with Gasteiger partial charge in [0, 0.05) is 17.4 Å². The van der Waals surface area contributed by atoms with E-state index in [0.29, 0.717) is 0 Å². The van der Waals surface area contributed by atoms with Gasteiger partial charge in [-0.15, -0.1) is 0 Å². The first-order valence-corrected chi connectivity index (χ1v) is 9.22. The third-order valence-corrected chi connectivity index (χ3v) is 5.41. The molecule has 2 aromatic heterocycles. The minimum Gasteiger partial charge on any atom is -0.355 e. The van der Waals surface area contributed by atoms with Crippen molar-refractivity contribution in [2.75, 3.05) is 5.32 Å². The summed E-state index contributed by atoms with van der Waals surface area (Å²) < 4.78 is 1.16. The van der Waals surface area contributed by atoms with E-state index in [0.717, 1.165) is 31.5 Å². The Labute approximate surface area is 155 Å². The minimum atomic E-state index is 0.0916. The standard InChI is InChI=1S/C20H16ClN3S/c1-13(16-4-2-3-5-17(16)21)23-20-24-18-7-6-15(12-19(18)25-20)14-8-10-22-11-9-14/h2-13H,1H3,(H,23,24). The largest absolute Gasteiger partial charge is 0.355 e. The summed E-state index contributed by atoms with van der Waals surface area (Å²) in [6, 6.07) is 18.3. The zero-order valence-corrected chi connectivity index (χ0v) is 15.2. The lowest BCUT2D eigenvalue weighted by molar-refractivity contribution is 0.883. The van der Waals surface area contributed by atoms with Gasteiger partial charge < -0.3 is 5.32 Å². The molecule has 25 heavy (non-hydrogen) atoms. The van der Waals surface area contributed by atoms with Gasteiger partial charge in [-0.05, 0) is 53.9 Å². The van der Waals surface area contributed by atoms with Crippen molar-refractivity contribution >= 4 is 38.3 Å². The number of hydrogen-bond donors (Lipinski definition) is 1. The van der Waals surface area contributed by atoms with Crippen LogP contribution in [-0.2, 0) is 0 Å². The lowest BCUT2D eigenvalue weighted by Crippen LogP contribution is -2.06. The van der Waals surface area contributed by atoms with E-state index in [1.165, 1.54) is 5.56 Å². The van der Waals surface area contributed by atoms with Gasteiger partial charge in [-0.3, -0.25) is 4.98 Å². The van der Waals surface area contributed by atoms with Crippen molar-refractivity contribution in [1.82, 2.24) is 9.97 Å². The lowest BCUT2D eigenvalue weighted by Gasteiger charge is -2.14. The fourth-order valence-corrected chi connectivity index (χ4v) is 4.09. The Morgan fingerprint density at radius 3 is 2.60 bits per heavy atom. The zero-order valence-electron chi connectivity index (χ0n) is 13.6. The Kier molecular flexibility index (Phi) is 4.38. The van der Waals surface area contributed by atoms with Gasteiger partial charge in [0.2, 0.25) is 0 Å². The molecule has 3 nitrogen and oxygen atoms in total. The van der Waals surface area contributed by atoms with Crippen molar-refractivity contribution < 1.29 is 0 Å². The molecule has 0 aliphatic rings. The maximum Gasteiger partial charge on any atom is 0.184 e. The molecule has 5 heteroatoms. The van der Waals surface area contributed by atoms with Crippen molar-refractivity contribution in [3.8, 4) is 11.1 Å². The smallest absolute Gasteiger partial charge is 0.184 e. The summed E-state index contributed by atoms with van der Waals surface area (Å²) in [5.41, 5.74) is 4.39. The van der Waals surface area contributed by atoms with Crippen molar-refractivity contribution in [2.45, 2.75) is 13.0 Å². The molecule has 0 spiro atoms. The van der Waals surface area contributed by atoms with Crippen LogP contribution in [0.25, 0.3) is 21.3 Å². The van der Waals surface area contributed by atoms with Gasteiger partial charge in [0.1, 0.15) is 0 Å². The number of rotatable bonds is 4. The van der Waals surface area contributed by atoms with Crippen LogP contribution in [0.3, 0.4) is 0 Å². The Bertz CT molecular complexity index is 1010. The Balaban J connectivity index is 1.62. The summed E-state index contributed by atoms with van der Waals surface area (Å²) in [7, 11) is 0. The van der Waals surface area contributed by atoms with Gasteiger partial charge in [0.05, 0.1) is 16.3 Å². The number of nitrogens with one attached hydrogen (secondary N) is 1. The highest BCUT2D eigenvalue weighted by Gasteiger charge is 2.12. The van der Waals surface area contributed by atoms with Crippen LogP contribution in [0.2, 0.25) is 5.02 Å². The molecule has 124 valence electrons. The quantitative estimate of drug-likeness (QED) is 0.469. The van der Waals surface area contributed by atoms with E-state index in [-0.39, 0.29) is 6.04 Å². The molecule has 4 rings (SSSR count). The minimum absolute atomic E-state index is 0.0916. The van der Waals surface area contributed by atoms with Crippen LogP contribution in [0.5, 0.6) is 0 Å². The highest BCUT2D eigenvalue weighted by Crippen LogP contribution is 2.33. The molecule has 0 fully saturated rings. The van der Waals surface area contributed by atoms with E-state index in [4.69, 9.17) is 16.6 Å². The number of benzene rings is 2. The van der Waals surface area contributed by atoms with Crippen molar-refractivity contribution in [3.05, 3.63) is 77.6 Å². The molecule has 0 saturated heterocycles. The molecule has 2 aromatic carbocycles. The molecular weight excluding hydrogens is 350 g/mol. The summed E-state index contributed by atoms with van der Waals surface area (Å²) in [4.78, 5) is 8.77. The molecule has 0 bridgehead atoms. The third kappa shape index (κ3) is 3.36. The number of aromatic nitrogens is 2. The van der Waals surface area contributed by atoms with Crippen molar-refractivity contribution in [3.63, 3.8) is 0 Å². The lowest BCUT2D eigenvalue weighted by atomic mass is 10.1. The van der Waals surface area contributed by atoms with Gasteiger partial charge in [0.15, 0.2) is 5.13 Å². The Hall–Kier alpha value is -2.43. The van der Waals surface area contributed by atoms with Gasteiger partial charge in [-0.25, -0.2) is 4.98 Å². The molecule has 0 radical (unpaired) electrons. The first-order chi connectivity index (χ1) is 12.2. The summed E-state index contributed by atoms with van der Waals surface area (Å²) in [5, 5.41) is 5.13. The summed E-state index contributed by atoms with van der Waals surface area (Å²) in [6.07, 6.45) is 3.62. The van der Waals surface area contributed by atoms with Crippen LogP contribution >= 0.6 is 22.9 Å². The molecule has 0 aliphatic heterocycles. The number of hydrogen-bond acceptors (Lipinski definition) is 4. The summed E-state index contributed by atoms with van der Waals surface area (Å²) in [5.74, 6) is 0. The van der Waals surface area contributed by atoms with Gasteiger partial charge in [-0.1, -0.05) is 47.2 Å². The monoisotopic (exact) mass is 365 g/mol. The van der Waals surface area contributed by atoms with Crippen LogP contribution < -0.4 is 5.32 Å². The Morgan fingerprint density at radius 1 is 1.00 bits per heavy atom. The fourth-order valence-electron chi connectivity index (χ4n) is 2.80. The topological polar surface area (TPSA) is 37.8 Å². The number of anilines is 1. The maximum atomic E-state index is 6.29. The Morgan fingerprint density at radius 2 is 1.80 bits per heavy atom. The van der Waals surface area contributed by atoms with E-state index in [9.17, 15) is 0 Å². The normalized spacial score (nSPS) is 12.2. The first kappa shape index (κ1) is 16.1. The number of thiazole rings is 1. The second-order valence-corrected chi connectivity index (χ2v) is 7.26. The van der Waals surface area contributed by atoms with Crippen molar-refractivity contribution in [1.29, 1.82) is 0 Å². The average Bonchev–Trinajstić information content (AvgIpc) is 3.04. The van der Waals surface area contributed by atoms with Crippen LogP contribution in [0, 0.1) is 0 Å². The maximum absolute atomic E-state index is 6.29. The van der Waals surface area contributed by atoms with Crippen LogP contribution in [0.4, 0.5) is 5.13 Å². The van der Waals surface area contributed by atoms with E-state index < -0.39 is 0 Å². The van der Waals surface area contributed by atoms with E-state index in [1.807, 2.05) is 48.8 Å². The predicted octanol–water partition coefficient (Wildman–Crippen LogP) is 6.18. The molecule has 0 amide bonds. The summed E-state index contributed by atoms with van der Waals surface area (Å²) in [6.45, 7) is 2.09. The molecule has 1 unspecified atom stereocenters. The SMILES string of the molecule is CC(Nc1nc2ccc(-c3ccncc3)cc2s1)c1ccccc1Cl. The number of pyridine rings is 1. The number of fused-ring (bicyclic) bond motifs is 1. The third-order valence-electron chi connectivity index (χ3n) is 4.11. The highest BCUT2D eigenvalue weighted by atomic mass is 35.5. The molecule has 1 N–H and O–H groups in total. The van der Waals surface area contributed by atoms with Gasteiger partial charge in [0.25, 0.3) is 0 Å². The average molecular weight is 366 g/mol. The first-order valence-electron chi connectivity index (χ1n) is 8.02. The van der Waals surface area contributed by atoms with Crippen molar-refractivity contribution in [2.24, 2.45) is 0 Å². The van der Waals surface area contributed by atoms with E-state index >= 15 is 0 Å². The van der Waals surface area contributed by atoms with Gasteiger partial charge >= 0.3 is 0 Å². The second kappa shape index (κ2) is 6.82. The van der Waals surface area contributed by atoms with E-state index in [1.54, 1.807) is 11.3 Å². The molecule has 1 atom stereocenters. The zero-order chi connectivity index (χ0) is 17.2. The fraction of sp³-hybridized carbons (Fsp3) is 0.100. The summed E-state index contributed by atoms with van der Waals surface area (Å²) >= 11 is 7.94. The predicted molar refractivity (Wildman–Crippen MR) is 106 cm³/mol.